The summed E-state index contributed by atoms with van der Waals surface area (Å²) in [6, 6.07) is 12.6. The van der Waals surface area contributed by atoms with Crippen LogP contribution in [0.15, 0.2) is 59.7 Å². The van der Waals surface area contributed by atoms with Crippen LogP contribution >= 0.6 is 23.2 Å². The third-order valence-corrected chi connectivity index (χ3v) is 8.69. The van der Waals surface area contributed by atoms with Crippen LogP contribution in [-0.4, -0.2) is 58.6 Å². The predicted octanol–water partition coefficient (Wildman–Crippen LogP) is 4.44. The molecular weight excluding hydrogens is 537 g/mol. The lowest BCUT2D eigenvalue weighted by Gasteiger charge is -2.54. The lowest BCUT2D eigenvalue weighted by atomic mass is 9.58. The molecule has 2 fully saturated rings. The Morgan fingerprint density at radius 3 is 2.67 bits per heavy atom. The Hall–Kier alpha value is -3.36. The summed E-state index contributed by atoms with van der Waals surface area (Å²) in [5, 5.41) is 13.0. The molecule has 4 aliphatic rings. The van der Waals surface area contributed by atoms with E-state index in [2.05, 4.69) is 17.2 Å². The smallest absolute Gasteiger partial charge is 0.262 e. The zero-order valence-electron chi connectivity index (χ0n) is 21.5. The minimum Gasteiger partial charge on any atom is -0.352 e. The average molecular weight is 566 g/mol. The van der Waals surface area contributed by atoms with Gasteiger partial charge in [-0.05, 0) is 54.7 Å². The number of amides is 3. The van der Waals surface area contributed by atoms with Crippen molar-refractivity contribution >= 4 is 52.4 Å². The van der Waals surface area contributed by atoms with Crippen LogP contribution in [0.1, 0.15) is 49.7 Å². The van der Waals surface area contributed by atoms with Crippen molar-refractivity contribution in [1.29, 1.82) is 0 Å². The molecule has 0 bridgehead atoms. The summed E-state index contributed by atoms with van der Waals surface area (Å²) >= 11 is 12.8. The number of nitrogens with zero attached hydrogens (tertiary/aromatic N) is 3. The SMILES string of the molecule is C=C(CC)[C@@H]1N2CC(=O)N(CC(=O)NC3CC3)N=C2C[C@H](c2cccc(Cl)c2)[C@@]12C(=O)Nc1cc(Cl)ccc12. The summed E-state index contributed by atoms with van der Waals surface area (Å²) in [4.78, 5) is 42.0. The van der Waals surface area contributed by atoms with E-state index >= 15 is 0 Å². The highest BCUT2D eigenvalue weighted by molar-refractivity contribution is 6.31. The lowest BCUT2D eigenvalue weighted by molar-refractivity contribution is -0.139. The second kappa shape index (κ2) is 9.68. The molecule has 0 aromatic heterocycles. The maximum atomic E-state index is 14.3. The second-order valence-corrected chi connectivity index (χ2v) is 11.5. The molecule has 1 aliphatic carbocycles. The van der Waals surface area contributed by atoms with Gasteiger partial charge in [0, 0.05) is 34.1 Å². The predicted molar refractivity (Wildman–Crippen MR) is 151 cm³/mol. The molecule has 1 saturated carbocycles. The van der Waals surface area contributed by atoms with Crippen LogP contribution in [0, 0.1) is 0 Å². The standard InChI is InChI=1S/C29H29Cl2N5O3/c1-3-16(2)27-29(21-10-7-19(31)12-23(21)33-28(29)39)22(17-5-4-6-18(30)11-17)13-24-34-36(26(38)15-35(24)27)14-25(37)32-20-8-9-20/h4-7,10-12,20,22,27H,2-3,8-9,13-15H2,1H3,(H,32,37)(H,33,39)/t22-,27+,29-/m1/s1. The first-order valence-corrected chi connectivity index (χ1v) is 14.0. The molecule has 3 atom stereocenters. The maximum Gasteiger partial charge on any atom is 0.262 e. The van der Waals surface area contributed by atoms with Crippen LogP contribution in [0.25, 0.3) is 0 Å². The topological polar surface area (TPSA) is 94.1 Å². The van der Waals surface area contributed by atoms with Crippen LogP contribution in [-0.2, 0) is 19.8 Å². The van der Waals surface area contributed by atoms with Gasteiger partial charge in [0.1, 0.15) is 24.3 Å². The van der Waals surface area contributed by atoms with Crippen molar-refractivity contribution in [3.8, 4) is 0 Å². The Kier molecular flexibility index (Phi) is 6.43. The monoisotopic (exact) mass is 565 g/mol. The van der Waals surface area contributed by atoms with E-state index in [0.29, 0.717) is 34.4 Å². The fraction of sp³-hybridized carbons (Fsp3) is 0.379. The van der Waals surface area contributed by atoms with E-state index in [1.165, 1.54) is 5.01 Å². The Balaban J connectivity index is 1.51. The molecule has 2 aromatic rings. The number of hydrogen-bond acceptors (Lipinski definition) is 5. The van der Waals surface area contributed by atoms with Gasteiger partial charge in [0.15, 0.2) is 0 Å². The minimum atomic E-state index is -1.11. The number of nitrogens with one attached hydrogen (secondary N) is 2. The van der Waals surface area contributed by atoms with Gasteiger partial charge in [-0.3, -0.25) is 14.4 Å². The number of hydrogen-bond donors (Lipinski definition) is 2. The summed E-state index contributed by atoms with van der Waals surface area (Å²) < 4.78 is 0. The Morgan fingerprint density at radius 1 is 1.18 bits per heavy atom. The van der Waals surface area contributed by atoms with E-state index in [4.69, 9.17) is 28.3 Å². The number of carbonyl (C=O) groups excluding carboxylic acids is 3. The highest BCUT2D eigenvalue weighted by atomic mass is 35.5. The molecular formula is C29H29Cl2N5O3. The molecule has 0 unspecified atom stereocenters. The summed E-state index contributed by atoms with van der Waals surface area (Å²) in [6.07, 6.45) is 2.87. The number of fused-ring (bicyclic) bond motifs is 3. The van der Waals surface area contributed by atoms with E-state index < -0.39 is 11.5 Å². The lowest BCUT2D eigenvalue weighted by Crippen LogP contribution is -2.67. The minimum absolute atomic E-state index is 0.0144. The van der Waals surface area contributed by atoms with Crippen LogP contribution in [0.5, 0.6) is 0 Å². The van der Waals surface area contributed by atoms with Gasteiger partial charge in [-0.15, -0.1) is 0 Å². The highest BCUT2D eigenvalue weighted by Crippen LogP contribution is 2.57. The number of piperidine rings is 1. The molecule has 3 amide bonds. The molecule has 10 heteroatoms. The van der Waals surface area contributed by atoms with Crippen LogP contribution in [0.4, 0.5) is 5.69 Å². The third kappa shape index (κ3) is 4.30. The summed E-state index contributed by atoms with van der Waals surface area (Å²) in [5.41, 5.74) is 2.03. The molecule has 8 nitrogen and oxygen atoms in total. The van der Waals surface area contributed by atoms with Crippen molar-refractivity contribution in [3.63, 3.8) is 0 Å². The number of amidine groups is 1. The Bertz CT molecular complexity index is 1440. The fourth-order valence-corrected chi connectivity index (χ4v) is 6.67. The molecule has 39 heavy (non-hydrogen) atoms. The number of rotatable bonds is 6. The van der Waals surface area contributed by atoms with E-state index in [1.807, 2.05) is 36.1 Å². The first-order valence-electron chi connectivity index (χ1n) is 13.2. The van der Waals surface area contributed by atoms with E-state index in [0.717, 1.165) is 29.5 Å². The van der Waals surface area contributed by atoms with Crippen LogP contribution < -0.4 is 10.6 Å². The first-order chi connectivity index (χ1) is 18.7. The number of carbonyl (C=O) groups is 3. The van der Waals surface area contributed by atoms with Crippen molar-refractivity contribution in [2.75, 3.05) is 18.4 Å². The van der Waals surface area contributed by atoms with Gasteiger partial charge in [0.25, 0.3) is 5.91 Å². The van der Waals surface area contributed by atoms with Crippen molar-refractivity contribution in [1.82, 2.24) is 15.2 Å². The van der Waals surface area contributed by atoms with Crippen molar-refractivity contribution in [2.24, 2.45) is 5.10 Å². The first kappa shape index (κ1) is 25.9. The van der Waals surface area contributed by atoms with Crippen molar-refractivity contribution in [3.05, 3.63) is 75.8 Å². The van der Waals surface area contributed by atoms with Gasteiger partial charge in [-0.2, -0.15) is 5.10 Å². The molecule has 1 saturated heterocycles. The highest BCUT2D eigenvalue weighted by Gasteiger charge is 2.63. The molecule has 2 aromatic carbocycles. The molecule has 3 aliphatic heterocycles. The van der Waals surface area contributed by atoms with Crippen LogP contribution in [0.2, 0.25) is 10.0 Å². The maximum absolute atomic E-state index is 14.3. The largest absolute Gasteiger partial charge is 0.352 e. The van der Waals surface area contributed by atoms with E-state index in [1.54, 1.807) is 18.2 Å². The molecule has 6 rings (SSSR count). The zero-order valence-corrected chi connectivity index (χ0v) is 23.1. The third-order valence-electron chi connectivity index (χ3n) is 8.22. The summed E-state index contributed by atoms with van der Waals surface area (Å²) in [7, 11) is 0. The van der Waals surface area contributed by atoms with Crippen molar-refractivity contribution in [2.45, 2.75) is 56.0 Å². The Morgan fingerprint density at radius 2 is 1.95 bits per heavy atom. The Labute approximate surface area is 237 Å². The van der Waals surface area contributed by atoms with E-state index in [-0.39, 0.29) is 42.8 Å². The number of hydrazone groups is 1. The summed E-state index contributed by atoms with van der Waals surface area (Å²) in [5.74, 6) is -0.443. The second-order valence-electron chi connectivity index (χ2n) is 10.7. The van der Waals surface area contributed by atoms with Crippen LogP contribution in [0.3, 0.4) is 0 Å². The molecule has 2 N–H and O–H groups in total. The molecule has 202 valence electrons. The number of anilines is 1. The van der Waals surface area contributed by atoms with Gasteiger partial charge in [0.2, 0.25) is 11.8 Å². The van der Waals surface area contributed by atoms with Gasteiger partial charge >= 0.3 is 0 Å². The van der Waals surface area contributed by atoms with Crippen molar-refractivity contribution < 1.29 is 14.4 Å². The quantitative estimate of drug-likeness (QED) is 0.506. The fourth-order valence-electron chi connectivity index (χ4n) is 6.30. The average Bonchev–Trinajstić information content (AvgIpc) is 3.67. The van der Waals surface area contributed by atoms with Gasteiger partial charge in [-0.25, -0.2) is 5.01 Å². The number of benzene rings is 2. The normalized spacial score (nSPS) is 25.7. The van der Waals surface area contributed by atoms with E-state index in [9.17, 15) is 14.4 Å². The number of halogens is 2. The molecule has 3 heterocycles. The summed E-state index contributed by atoms with van der Waals surface area (Å²) in [6.45, 7) is 6.23. The van der Waals surface area contributed by atoms with Gasteiger partial charge in [0.05, 0.1) is 6.04 Å². The van der Waals surface area contributed by atoms with Gasteiger partial charge < -0.3 is 15.5 Å². The van der Waals surface area contributed by atoms with Gasteiger partial charge in [-0.1, -0.05) is 60.5 Å². The molecule has 1 spiro atoms. The zero-order chi connectivity index (χ0) is 27.5. The molecule has 0 radical (unpaired) electrons.